The van der Waals surface area contributed by atoms with E-state index in [9.17, 15) is 0 Å². The molecule has 45 heavy (non-hydrogen) atoms. The SMILES string of the molecule is CC1(C)OB(c2ccc(-c3nc(-c4cc5ccccc5c5ccccc45)c4ccc(-c5ccccc5)cc4n3)cc2)OC1(C)C. The molecule has 1 aliphatic rings. The van der Waals surface area contributed by atoms with Crippen molar-refractivity contribution in [3.8, 4) is 33.8 Å². The molecule has 0 aliphatic carbocycles. The maximum absolute atomic E-state index is 6.31. The van der Waals surface area contributed by atoms with Crippen LogP contribution in [0.4, 0.5) is 0 Å². The van der Waals surface area contributed by atoms with Crippen LogP contribution in [0.2, 0.25) is 0 Å². The molecule has 0 N–H and O–H groups in total. The summed E-state index contributed by atoms with van der Waals surface area (Å²) in [7, 11) is -0.422. The van der Waals surface area contributed by atoms with Crippen molar-refractivity contribution in [3.05, 3.63) is 127 Å². The van der Waals surface area contributed by atoms with Crippen molar-refractivity contribution < 1.29 is 9.31 Å². The van der Waals surface area contributed by atoms with Gasteiger partial charge in [0.25, 0.3) is 0 Å². The van der Waals surface area contributed by atoms with Gasteiger partial charge in [0.1, 0.15) is 0 Å². The van der Waals surface area contributed by atoms with Gasteiger partial charge in [-0.2, -0.15) is 0 Å². The van der Waals surface area contributed by atoms with E-state index in [0.717, 1.165) is 44.3 Å². The molecule has 0 radical (unpaired) electrons. The maximum Gasteiger partial charge on any atom is 0.494 e. The monoisotopic (exact) mass is 584 g/mol. The standard InChI is InChI=1S/C40H33BN2O2/c1-39(2)40(3,4)45-41(44-39)30-21-18-27(19-22-30)38-42-36-25-28(26-12-6-5-7-13-26)20-23-34(36)37(43-38)35-24-29-14-8-9-15-31(29)32-16-10-11-17-33(32)35/h5-25H,1-4H3. The van der Waals surface area contributed by atoms with Crippen LogP contribution in [-0.4, -0.2) is 28.3 Å². The third kappa shape index (κ3) is 4.71. The topological polar surface area (TPSA) is 44.2 Å². The normalized spacial score (nSPS) is 15.7. The Morgan fingerprint density at radius 2 is 1.13 bits per heavy atom. The summed E-state index contributed by atoms with van der Waals surface area (Å²) >= 11 is 0. The molecule has 6 aromatic carbocycles. The molecule has 1 aliphatic heterocycles. The van der Waals surface area contributed by atoms with Gasteiger partial charge >= 0.3 is 7.12 Å². The van der Waals surface area contributed by atoms with Crippen LogP contribution in [0.1, 0.15) is 27.7 Å². The highest BCUT2D eigenvalue weighted by atomic mass is 16.7. The predicted molar refractivity (Wildman–Crippen MR) is 187 cm³/mol. The molecule has 7 aromatic rings. The summed E-state index contributed by atoms with van der Waals surface area (Å²) in [4.78, 5) is 10.5. The Labute approximate surface area is 263 Å². The molecular weight excluding hydrogens is 551 g/mol. The lowest BCUT2D eigenvalue weighted by Gasteiger charge is -2.32. The number of hydrogen-bond donors (Lipinski definition) is 0. The Kier molecular flexibility index (Phi) is 6.38. The number of aromatic nitrogens is 2. The summed E-state index contributed by atoms with van der Waals surface area (Å²) in [5.41, 5.74) is 6.33. The highest BCUT2D eigenvalue weighted by molar-refractivity contribution is 6.62. The Bertz CT molecular complexity index is 2210. The number of fused-ring (bicyclic) bond motifs is 4. The quantitative estimate of drug-likeness (QED) is 0.153. The maximum atomic E-state index is 6.31. The molecule has 0 saturated carbocycles. The van der Waals surface area contributed by atoms with E-state index in [1.807, 2.05) is 6.07 Å². The first-order valence-corrected chi connectivity index (χ1v) is 15.5. The number of hydrogen-bond acceptors (Lipinski definition) is 4. The van der Waals surface area contributed by atoms with Crippen LogP contribution in [0.3, 0.4) is 0 Å². The minimum atomic E-state index is -0.422. The first kappa shape index (κ1) is 27.7. The summed E-state index contributed by atoms with van der Waals surface area (Å²) in [5, 5.41) is 5.83. The molecule has 8 rings (SSSR count). The average molecular weight is 585 g/mol. The highest BCUT2D eigenvalue weighted by Crippen LogP contribution is 2.39. The van der Waals surface area contributed by atoms with Crippen molar-refractivity contribution in [1.82, 2.24) is 9.97 Å². The fourth-order valence-electron chi connectivity index (χ4n) is 6.29. The molecule has 1 saturated heterocycles. The average Bonchev–Trinajstić information content (AvgIpc) is 3.30. The van der Waals surface area contributed by atoms with E-state index < -0.39 is 18.3 Å². The van der Waals surface area contributed by atoms with Crippen molar-refractivity contribution in [1.29, 1.82) is 0 Å². The first-order chi connectivity index (χ1) is 21.8. The van der Waals surface area contributed by atoms with E-state index in [1.165, 1.54) is 21.5 Å². The van der Waals surface area contributed by atoms with E-state index in [1.54, 1.807) is 0 Å². The Morgan fingerprint density at radius 3 is 1.87 bits per heavy atom. The molecular formula is C40H33BN2O2. The van der Waals surface area contributed by atoms with Crippen LogP contribution in [0, 0.1) is 0 Å². The van der Waals surface area contributed by atoms with E-state index in [2.05, 4.69) is 149 Å². The second-order valence-corrected chi connectivity index (χ2v) is 12.9. The first-order valence-electron chi connectivity index (χ1n) is 15.5. The van der Waals surface area contributed by atoms with Gasteiger partial charge < -0.3 is 9.31 Å². The van der Waals surface area contributed by atoms with Gasteiger partial charge in [-0.05, 0) is 84.0 Å². The van der Waals surface area contributed by atoms with Crippen LogP contribution in [0.15, 0.2) is 127 Å². The molecule has 4 nitrogen and oxygen atoms in total. The van der Waals surface area contributed by atoms with Gasteiger partial charge in [-0.1, -0.05) is 109 Å². The summed E-state index contributed by atoms with van der Waals surface area (Å²) in [6.07, 6.45) is 0. The molecule has 1 aromatic heterocycles. The van der Waals surface area contributed by atoms with Gasteiger partial charge in [0.05, 0.1) is 22.4 Å². The summed E-state index contributed by atoms with van der Waals surface area (Å²) in [6, 6.07) is 44.7. The number of benzene rings is 6. The molecule has 0 unspecified atom stereocenters. The molecule has 0 atom stereocenters. The lowest BCUT2D eigenvalue weighted by atomic mass is 9.79. The lowest BCUT2D eigenvalue weighted by molar-refractivity contribution is 0.00578. The van der Waals surface area contributed by atoms with Crippen LogP contribution in [-0.2, 0) is 9.31 Å². The van der Waals surface area contributed by atoms with E-state index in [-0.39, 0.29) is 0 Å². The van der Waals surface area contributed by atoms with Gasteiger partial charge in [0.2, 0.25) is 0 Å². The fraction of sp³-hybridized carbons (Fsp3) is 0.150. The van der Waals surface area contributed by atoms with Crippen molar-refractivity contribution >= 4 is 45.0 Å². The minimum absolute atomic E-state index is 0.397. The highest BCUT2D eigenvalue weighted by Gasteiger charge is 2.51. The van der Waals surface area contributed by atoms with Gasteiger partial charge in [0.15, 0.2) is 5.82 Å². The largest absolute Gasteiger partial charge is 0.494 e. The van der Waals surface area contributed by atoms with Crippen LogP contribution in [0.25, 0.3) is 66.2 Å². The third-order valence-electron chi connectivity index (χ3n) is 9.52. The second kappa shape index (κ2) is 10.4. The van der Waals surface area contributed by atoms with E-state index in [0.29, 0.717) is 5.82 Å². The molecule has 0 spiro atoms. The predicted octanol–water partition coefficient (Wildman–Crippen LogP) is 9.24. The minimum Gasteiger partial charge on any atom is -0.399 e. The van der Waals surface area contributed by atoms with Crippen LogP contribution < -0.4 is 5.46 Å². The number of nitrogens with zero attached hydrogens (tertiary/aromatic N) is 2. The fourth-order valence-corrected chi connectivity index (χ4v) is 6.29. The van der Waals surface area contributed by atoms with Crippen molar-refractivity contribution in [2.45, 2.75) is 38.9 Å². The number of rotatable bonds is 4. The zero-order valence-electron chi connectivity index (χ0n) is 25.9. The molecule has 0 bridgehead atoms. The molecule has 5 heteroatoms. The summed E-state index contributed by atoms with van der Waals surface area (Å²) in [5.74, 6) is 0.681. The van der Waals surface area contributed by atoms with Gasteiger partial charge in [0, 0.05) is 16.5 Å². The Balaban J connectivity index is 1.32. The summed E-state index contributed by atoms with van der Waals surface area (Å²) in [6.45, 7) is 8.30. The zero-order valence-corrected chi connectivity index (χ0v) is 25.9. The van der Waals surface area contributed by atoms with Gasteiger partial charge in [-0.15, -0.1) is 0 Å². The van der Waals surface area contributed by atoms with Crippen molar-refractivity contribution in [2.75, 3.05) is 0 Å². The lowest BCUT2D eigenvalue weighted by Crippen LogP contribution is -2.41. The van der Waals surface area contributed by atoms with Crippen LogP contribution >= 0.6 is 0 Å². The van der Waals surface area contributed by atoms with E-state index >= 15 is 0 Å². The van der Waals surface area contributed by atoms with Gasteiger partial charge in [-0.3, -0.25) is 0 Å². The Morgan fingerprint density at radius 1 is 0.511 bits per heavy atom. The zero-order chi connectivity index (χ0) is 30.8. The van der Waals surface area contributed by atoms with Crippen molar-refractivity contribution in [3.63, 3.8) is 0 Å². The molecule has 218 valence electrons. The van der Waals surface area contributed by atoms with E-state index in [4.69, 9.17) is 19.3 Å². The molecule has 2 heterocycles. The van der Waals surface area contributed by atoms with Crippen LogP contribution in [0.5, 0.6) is 0 Å². The smallest absolute Gasteiger partial charge is 0.399 e. The second-order valence-electron chi connectivity index (χ2n) is 12.9. The molecule has 1 fully saturated rings. The third-order valence-corrected chi connectivity index (χ3v) is 9.52. The van der Waals surface area contributed by atoms with Crippen molar-refractivity contribution in [2.24, 2.45) is 0 Å². The summed E-state index contributed by atoms with van der Waals surface area (Å²) < 4.78 is 12.6. The molecule has 0 amide bonds. The van der Waals surface area contributed by atoms with Gasteiger partial charge in [-0.25, -0.2) is 9.97 Å². The Hall–Kier alpha value is -4.84.